The normalized spacial score (nSPS) is 24.3. The van der Waals surface area contributed by atoms with Crippen molar-refractivity contribution in [2.75, 3.05) is 26.4 Å². The molecule has 15 heteroatoms. The van der Waals surface area contributed by atoms with Crippen molar-refractivity contribution in [3.63, 3.8) is 0 Å². The molecule has 0 aromatic heterocycles. The molecule has 47 heavy (non-hydrogen) atoms. The highest BCUT2D eigenvalue weighted by atomic mass is 16.3. The average molecular weight is 655 g/mol. The zero-order valence-electron chi connectivity index (χ0n) is 26.0. The van der Waals surface area contributed by atoms with Gasteiger partial charge < -0.3 is 47.2 Å². The molecule has 1 heterocycles. The molecule has 9 N–H and O–H groups in total. The zero-order valence-corrected chi connectivity index (χ0v) is 26.0. The lowest BCUT2D eigenvalue weighted by molar-refractivity contribution is -0.137. The van der Waals surface area contributed by atoms with Crippen molar-refractivity contribution in [1.29, 1.82) is 0 Å². The minimum absolute atomic E-state index is 0.00979. The first-order valence-electron chi connectivity index (χ1n) is 15.2. The number of hydrogen-bond acceptors (Lipinski definition) is 9. The number of carbonyl (C=O) groups is 6. The maximum atomic E-state index is 13.9. The summed E-state index contributed by atoms with van der Waals surface area (Å²) in [6.07, 6.45) is 0.0624. The van der Waals surface area contributed by atoms with Crippen LogP contribution in [0.25, 0.3) is 0 Å². The minimum Gasteiger partial charge on any atom is -0.396 e. The fourth-order valence-corrected chi connectivity index (χ4v) is 4.94. The Balaban J connectivity index is 2.04. The van der Waals surface area contributed by atoms with E-state index in [0.717, 1.165) is 0 Å². The molecule has 2 aromatic rings. The molecular formula is C32H42N6O9. The number of carbonyl (C=O) groups excluding carboxylic acids is 6. The van der Waals surface area contributed by atoms with Crippen LogP contribution in [0.5, 0.6) is 0 Å². The fourth-order valence-electron chi connectivity index (χ4n) is 4.94. The van der Waals surface area contributed by atoms with Crippen LogP contribution in [0.3, 0.4) is 0 Å². The van der Waals surface area contributed by atoms with Crippen LogP contribution in [-0.2, 0) is 41.6 Å². The molecule has 2 aromatic carbocycles. The second kappa shape index (κ2) is 18.3. The van der Waals surface area contributed by atoms with Crippen LogP contribution in [0, 0.1) is 5.92 Å². The smallest absolute Gasteiger partial charge is 0.245 e. The van der Waals surface area contributed by atoms with E-state index in [1.54, 1.807) is 67.6 Å². The highest BCUT2D eigenvalue weighted by Crippen LogP contribution is 2.12. The zero-order chi connectivity index (χ0) is 34.3. The highest BCUT2D eigenvalue weighted by molar-refractivity contribution is 5.97. The molecule has 254 valence electrons. The second-order valence-corrected chi connectivity index (χ2v) is 11.2. The second-order valence-electron chi connectivity index (χ2n) is 11.2. The Hall–Kier alpha value is -4.86. The first kappa shape index (κ1) is 36.6. The van der Waals surface area contributed by atoms with Gasteiger partial charge >= 0.3 is 0 Å². The molecule has 1 aliphatic rings. The van der Waals surface area contributed by atoms with Crippen molar-refractivity contribution in [1.82, 2.24) is 31.9 Å². The van der Waals surface area contributed by atoms with E-state index in [-0.39, 0.29) is 25.9 Å². The summed E-state index contributed by atoms with van der Waals surface area (Å²) in [4.78, 5) is 79.6. The maximum Gasteiger partial charge on any atom is 0.245 e. The topological polar surface area (TPSA) is 235 Å². The monoisotopic (exact) mass is 654 g/mol. The van der Waals surface area contributed by atoms with Crippen LogP contribution in [0.2, 0.25) is 0 Å². The lowest BCUT2D eigenvalue weighted by atomic mass is 9.96. The van der Waals surface area contributed by atoms with Crippen molar-refractivity contribution in [3.05, 3.63) is 71.8 Å². The number of rotatable bonds is 9. The Morgan fingerprint density at radius 3 is 1.53 bits per heavy atom. The molecular weight excluding hydrogens is 612 g/mol. The van der Waals surface area contributed by atoms with E-state index in [9.17, 15) is 44.1 Å². The van der Waals surface area contributed by atoms with Gasteiger partial charge in [0, 0.05) is 19.4 Å². The Morgan fingerprint density at radius 1 is 0.596 bits per heavy atom. The molecule has 3 rings (SSSR count). The van der Waals surface area contributed by atoms with E-state index in [0.29, 0.717) is 11.1 Å². The summed E-state index contributed by atoms with van der Waals surface area (Å²) in [5.41, 5.74) is 1.34. The molecule has 1 saturated heterocycles. The predicted molar refractivity (Wildman–Crippen MR) is 168 cm³/mol. The number of aliphatic hydroxyl groups is 3. The van der Waals surface area contributed by atoms with Gasteiger partial charge in [-0.2, -0.15) is 0 Å². The third-order valence-electron chi connectivity index (χ3n) is 7.64. The largest absolute Gasteiger partial charge is 0.396 e. The lowest BCUT2D eigenvalue weighted by Gasteiger charge is -2.29. The maximum absolute atomic E-state index is 13.9. The van der Waals surface area contributed by atoms with Gasteiger partial charge in [0.1, 0.15) is 30.2 Å². The van der Waals surface area contributed by atoms with Crippen LogP contribution in [-0.4, -0.2) is 107 Å². The summed E-state index contributed by atoms with van der Waals surface area (Å²) in [6, 6.07) is 10.6. The van der Waals surface area contributed by atoms with E-state index >= 15 is 0 Å². The van der Waals surface area contributed by atoms with Gasteiger partial charge in [0.25, 0.3) is 0 Å². The Bertz CT molecular complexity index is 1380. The third kappa shape index (κ3) is 11.2. The molecule has 15 nitrogen and oxygen atoms in total. The first-order chi connectivity index (χ1) is 22.6. The summed E-state index contributed by atoms with van der Waals surface area (Å²) >= 11 is 0. The number of benzene rings is 2. The van der Waals surface area contributed by atoms with Crippen molar-refractivity contribution in [2.45, 2.75) is 56.4 Å². The molecule has 0 bridgehead atoms. The molecule has 0 spiro atoms. The SMILES string of the molecule is C[C@H](CCO)[C@@H]1NC(=O)[C@H](CO)NC(=O)CNC(=O)[C@H](CO)NC(=O)[C@H](Cc2ccccc2)NC(=O)[C@H](Cc2ccccc2)NC1=O. The summed E-state index contributed by atoms with van der Waals surface area (Å²) in [7, 11) is 0. The summed E-state index contributed by atoms with van der Waals surface area (Å²) in [5.74, 6) is -5.71. The van der Waals surface area contributed by atoms with Crippen LogP contribution in [0.15, 0.2) is 60.7 Å². The Morgan fingerprint density at radius 2 is 1.04 bits per heavy atom. The fraction of sp³-hybridized carbons (Fsp3) is 0.438. The summed E-state index contributed by atoms with van der Waals surface area (Å²) in [6.45, 7) is -1.10. The first-order valence-corrected chi connectivity index (χ1v) is 15.2. The highest BCUT2D eigenvalue weighted by Gasteiger charge is 2.35. The minimum atomic E-state index is -1.52. The van der Waals surface area contributed by atoms with Gasteiger partial charge in [-0.15, -0.1) is 0 Å². The Labute approximate surface area is 271 Å². The predicted octanol–water partition coefficient (Wildman–Crippen LogP) is -2.97. The van der Waals surface area contributed by atoms with E-state index in [1.807, 2.05) is 0 Å². The van der Waals surface area contributed by atoms with Gasteiger partial charge in [0.2, 0.25) is 35.4 Å². The quantitative estimate of drug-likeness (QED) is 0.134. The number of amides is 6. The number of nitrogens with one attached hydrogen (secondary N) is 6. The van der Waals surface area contributed by atoms with Crippen LogP contribution in [0.1, 0.15) is 24.5 Å². The van der Waals surface area contributed by atoms with Crippen molar-refractivity contribution in [3.8, 4) is 0 Å². The van der Waals surface area contributed by atoms with Crippen molar-refractivity contribution in [2.24, 2.45) is 5.92 Å². The molecule has 1 aliphatic heterocycles. The van der Waals surface area contributed by atoms with Gasteiger partial charge in [-0.25, -0.2) is 0 Å². The van der Waals surface area contributed by atoms with Crippen LogP contribution >= 0.6 is 0 Å². The molecule has 1 fully saturated rings. The van der Waals surface area contributed by atoms with Gasteiger partial charge in [-0.05, 0) is 23.5 Å². The van der Waals surface area contributed by atoms with Crippen molar-refractivity contribution >= 4 is 35.4 Å². The standard InChI is InChI=1S/C32H42N6O9/c1-19(12-13-39)27-32(47)36-23(15-21-10-6-3-7-11-21)29(44)35-22(14-20-8-4-2-5-9-20)30(45)37-24(17-40)28(43)33-16-26(42)34-25(18-41)31(46)38-27/h2-11,19,22-25,27,39-41H,12-18H2,1H3,(H,33,43)(H,34,42)(H,35,44)(H,36,47)(H,37,45)(H,38,46)/t19-,22+,23+,24+,25+,27+/m1/s1. The van der Waals surface area contributed by atoms with E-state index in [2.05, 4.69) is 31.9 Å². The summed E-state index contributed by atoms with van der Waals surface area (Å²) < 4.78 is 0. The molecule has 0 unspecified atom stereocenters. The number of aliphatic hydroxyl groups excluding tert-OH is 3. The van der Waals surface area contributed by atoms with Crippen LogP contribution in [0.4, 0.5) is 0 Å². The van der Waals surface area contributed by atoms with E-state index in [1.165, 1.54) is 0 Å². The number of hydrogen-bond donors (Lipinski definition) is 9. The van der Waals surface area contributed by atoms with Crippen LogP contribution < -0.4 is 31.9 Å². The summed E-state index contributed by atoms with van der Waals surface area (Å²) in [5, 5.41) is 44.0. The van der Waals surface area contributed by atoms with Gasteiger partial charge in [0.05, 0.1) is 19.8 Å². The van der Waals surface area contributed by atoms with Crippen molar-refractivity contribution < 1.29 is 44.1 Å². The third-order valence-corrected chi connectivity index (χ3v) is 7.64. The average Bonchev–Trinajstić information content (AvgIpc) is 3.07. The Kier molecular flexibility index (Phi) is 14.3. The molecule has 6 atom stereocenters. The van der Waals surface area contributed by atoms with E-state index < -0.39 is 91.3 Å². The lowest BCUT2D eigenvalue weighted by Crippen LogP contribution is -2.62. The van der Waals surface area contributed by atoms with E-state index in [4.69, 9.17) is 0 Å². The van der Waals surface area contributed by atoms with Gasteiger partial charge in [-0.3, -0.25) is 28.8 Å². The molecule has 6 amide bonds. The molecule has 0 aliphatic carbocycles. The molecule has 0 radical (unpaired) electrons. The van der Waals surface area contributed by atoms with Gasteiger partial charge in [-0.1, -0.05) is 67.6 Å². The molecule has 0 saturated carbocycles. The van der Waals surface area contributed by atoms with Gasteiger partial charge in [0.15, 0.2) is 0 Å².